The number of carboxylic acids is 1. The highest BCUT2D eigenvalue weighted by molar-refractivity contribution is 7.90. The summed E-state index contributed by atoms with van der Waals surface area (Å²) in [5.74, 6) is -1.18. The highest BCUT2D eigenvalue weighted by atomic mass is 32.2. The van der Waals surface area contributed by atoms with Crippen molar-refractivity contribution in [3.05, 3.63) is 23.8 Å². The van der Waals surface area contributed by atoms with E-state index in [2.05, 4.69) is 0 Å². The van der Waals surface area contributed by atoms with Crippen LogP contribution >= 0.6 is 0 Å². The number of rotatable bonds is 3. The van der Waals surface area contributed by atoms with Crippen LogP contribution in [0.3, 0.4) is 0 Å². The SMILES string of the molecule is CS(=O)(=O)c1ccc(N2CCCC(O)C2)c(C(=O)O)c1. The molecule has 1 aliphatic heterocycles. The largest absolute Gasteiger partial charge is 0.478 e. The zero-order chi connectivity index (χ0) is 14.9. The third-order valence-corrected chi connectivity index (χ3v) is 4.47. The second kappa shape index (κ2) is 5.41. The first-order valence-corrected chi connectivity index (χ1v) is 8.18. The normalized spacial score (nSPS) is 19.9. The number of piperidine rings is 1. The molecular formula is C13H17NO5S. The minimum absolute atomic E-state index is 0.0174. The van der Waals surface area contributed by atoms with Gasteiger partial charge in [-0.1, -0.05) is 0 Å². The lowest BCUT2D eigenvalue weighted by atomic mass is 10.1. The Morgan fingerprint density at radius 2 is 2.10 bits per heavy atom. The lowest BCUT2D eigenvalue weighted by molar-refractivity contribution is 0.0696. The van der Waals surface area contributed by atoms with Gasteiger partial charge in [-0.25, -0.2) is 13.2 Å². The Kier molecular flexibility index (Phi) is 4.01. The Morgan fingerprint density at radius 3 is 2.65 bits per heavy atom. The van der Waals surface area contributed by atoms with Gasteiger partial charge in [0, 0.05) is 19.3 Å². The smallest absolute Gasteiger partial charge is 0.337 e. The lowest BCUT2D eigenvalue weighted by Crippen LogP contribution is -2.39. The van der Waals surface area contributed by atoms with Crippen LogP contribution in [0.2, 0.25) is 0 Å². The summed E-state index contributed by atoms with van der Waals surface area (Å²) in [6, 6.07) is 4.07. The number of aromatic carboxylic acids is 1. The van der Waals surface area contributed by atoms with Crippen molar-refractivity contribution in [3.63, 3.8) is 0 Å². The molecule has 1 atom stereocenters. The van der Waals surface area contributed by atoms with Gasteiger partial charge in [0.1, 0.15) is 0 Å². The first kappa shape index (κ1) is 14.8. The van der Waals surface area contributed by atoms with Crippen LogP contribution in [0.4, 0.5) is 5.69 Å². The molecule has 0 aromatic heterocycles. The van der Waals surface area contributed by atoms with E-state index in [1.165, 1.54) is 18.2 Å². The molecule has 1 heterocycles. The number of aliphatic hydroxyl groups is 1. The Labute approximate surface area is 117 Å². The van der Waals surface area contributed by atoms with Gasteiger partial charge >= 0.3 is 5.97 Å². The molecule has 0 spiro atoms. The van der Waals surface area contributed by atoms with Gasteiger partial charge < -0.3 is 15.1 Å². The highest BCUT2D eigenvalue weighted by Crippen LogP contribution is 2.27. The van der Waals surface area contributed by atoms with Crippen molar-refractivity contribution in [3.8, 4) is 0 Å². The molecule has 1 unspecified atom stereocenters. The summed E-state index contributed by atoms with van der Waals surface area (Å²) in [7, 11) is -3.45. The number of β-amino-alcohol motifs (C(OH)–C–C–N with tert-alkyl or cyclic N) is 1. The molecule has 6 nitrogen and oxygen atoms in total. The van der Waals surface area contributed by atoms with E-state index < -0.39 is 21.9 Å². The van der Waals surface area contributed by atoms with Gasteiger partial charge in [-0.15, -0.1) is 0 Å². The van der Waals surface area contributed by atoms with Crippen molar-refractivity contribution in [1.29, 1.82) is 0 Å². The molecule has 20 heavy (non-hydrogen) atoms. The molecule has 0 amide bonds. The Morgan fingerprint density at radius 1 is 1.40 bits per heavy atom. The van der Waals surface area contributed by atoms with Crippen LogP contribution in [0.15, 0.2) is 23.1 Å². The summed E-state index contributed by atoms with van der Waals surface area (Å²) in [4.78, 5) is 13.1. The molecule has 0 saturated carbocycles. The van der Waals surface area contributed by atoms with Crippen LogP contribution in [0, 0.1) is 0 Å². The lowest BCUT2D eigenvalue weighted by Gasteiger charge is -2.32. The second-order valence-electron chi connectivity index (χ2n) is 5.00. The van der Waals surface area contributed by atoms with Crippen molar-refractivity contribution < 1.29 is 23.4 Å². The second-order valence-corrected chi connectivity index (χ2v) is 7.01. The molecule has 0 aliphatic carbocycles. The van der Waals surface area contributed by atoms with Gasteiger partial charge in [-0.05, 0) is 31.0 Å². The monoisotopic (exact) mass is 299 g/mol. The molecule has 1 saturated heterocycles. The third kappa shape index (κ3) is 3.10. The van der Waals surface area contributed by atoms with E-state index in [1.54, 1.807) is 4.90 Å². The zero-order valence-electron chi connectivity index (χ0n) is 11.1. The average molecular weight is 299 g/mol. The Bertz CT molecular complexity index is 626. The summed E-state index contributed by atoms with van der Waals surface area (Å²) in [5.41, 5.74) is 0.394. The molecular weight excluding hydrogens is 282 g/mol. The van der Waals surface area contributed by atoms with Crippen molar-refractivity contribution >= 4 is 21.5 Å². The molecule has 110 valence electrons. The predicted molar refractivity (Wildman–Crippen MR) is 74.0 cm³/mol. The quantitative estimate of drug-likeness (QED) is 0.855. The number of nitrogens with zero attached hydrogens (tertiary/aromatic N) is 1. The predicted octanol–water partition coefficient (Wildman–Crippen LogP) is 0.749. The van der Waals surface area contributed by atoms with Crippen molar-refractivity contribution in [2.45, 2.75) is 23.8 Å². The molecule has 0 radical (unpaired) electrons. The molecule has 0 bridgehead atoms. The standard InChI is InChI=1S/C13H17NO5S/c1-20(18,19)10-4-5-12(11(7-10)13(16)17)14-6-2-3-9(15)8-14/h4-5,7,9,15H,2-3,6,8H2,1H3,(H,16,17). The summed E-state index contributed by atoms with van der Waals surface area (Å²) >= 11 is 0. The van der Waals surface area contributed by atoms with Crippen LogP contribution in [0.1, 0.15) is 23.2 Å². The van der Waals surface area contributed by atoms with Gasteiger partial charge in [-0.3, -0.25) is 0 Å². The Balaban J connectivity index is 2.45. The van der Waals surface area contributed by atoms with Crippen LogP contribution < -0.4 is 4.90 Å². The van der Waals surface area contributed by atoms with Gasteiger partial charge in [0.05, 0.1) is 22.3 Å². The number of sulfone groups is 1. The van der Waals surface area contributed by atoms with E-state index in [0.717, 1.165) is 12.7 Å². The van der Waals surface area contributed by atoms with Crippen LogP contribution in [-0.4, -0.2) is 50.0 Å². The fraction of sp³-hybridized carbons (Fsp3) is 0.462. The average Bonchev–Trinajstić information content (AvgIpc) is 2.37. The topological polar surface area (TPSA) is 94.9 Å². The molecule has 2 N–H and O–H groups in total. The van der Waals surface area contributed by atoms with Crippen molar-refractivity contribution in [2.75, 3.05) is 24.2 Å². The molecule has 2 rings (SSSR count). The van der Waals surface area contributed by atoms with Gasteiger partial charge in [0.25, 0.3) is 0 Å². The summed E-state index contributed by atoms with van der Waals surface area (Å²) in [6.45, 7) is 1.01. The fourth-order valence-electron chi connectivity index (χ4n) is 2.37. The maximum Gasteiger partial charge on any atom is 0.337 e. The minimum Gasteiger partial charge on any atom is -0.478 e. The number of anilines is 1. The molecule has 1 aliphatic rings. The van der Waals surface area contributed by atoms with Crippen molar-refractivity contribution in [1.82, 2.24) is 0 Å². The van der Waals surface area contributed by atoms with E-state index in [4.69, 9.17) is 0 Å². The van der Waals surface area contributed by atoms with E-state index in [-0.39, 0.29) is 10.5 Å². The molecule has 1 aromatic carbocycles. The van der Waals surface area contributed by atoms with E-state index in [1.807, 2.05) is 0 Å². The van der Waals surface area contributed by atoms with E-state index >= 15 is 0 Å². The zero-order valence-corrected chi connectivity index (χ0v) is 11.9. The van der Waals surface area contributed by atoms with E-state index in [9.17, 15) is 23.4 Å². The third-order valence-electron chi connectivity index (χ3n) is 3.36. The van der Waals surface area contributed by atoms with Crippen molar-refractivity contribution in [2.24, 2.45) is 0 Å². The molecule has 1 aromatic rings. The summed E-state index contributed by atoms with van der Waals surface area (Å²) in [6.07, 6.45) is 2.02. The highest BCUT2D eigenvalue weighted by Gasteiger charge is 2.23. The number of aliphatic hydroxyl groups excluding tert-OH is 1. The van der Waals surface area contributed by atoms with Gasteiger partial charge in [-0.2, -0.15) is 0 Å². The molecule has 7 heteroatoms. The maximum atomic E-state index is 11.5. The number of hydrogen-bond donors (Lipinski definition) is 2. The first-order valence-electron chi connectivity index (χ1n) is 6.29. The van der Waals surface area contributed by atoms with E-state index in [0.29, 0.717) is 25.2 Å². The van der Waals surface area contributed by atoms with Crippen LogP contribution in [0.5, 0.6) is 0 Å². The van der Waals surface area contributed by atoms with Crippen LogP contribution in [-0.2, 0) is 9.84 Å². The minimum atomic E-state index is -3.45. The Hall–Kier alpha value is -1.60. The number of benzene rings is 1. The fourth-order valence-corrected chi connectivity index (χ4v) is 3.01. The van der Waals surface area contributed by atoms with Crippen LogP contribution in [0.25, 0.3) is 0 Å². The number of carbonyl (C=O) groups is 1. The summed E-state index contributed by atoms with van der Waals surface area (Å²) < 4.78 is 23.0. The maximum absolute atomic E-state index is 11.5. The summed E-state index contributed by atoms with van der Waals surface area (Å²) in [5, 5.41) is 18.9. The number of carboxylic acid groups (broad SMARTS) is 1. The van der Waals surface area contributed by atoms with Gasteiger partial charge in [0.15, 0.2) is 9.84 Å². The first-order chi connectivity index (χ1) is 9.29. The van der Waals surface area contributed by atoms with Gasteiger partial charge in [0.2, 0.25) is 0 Å². The number of hydrogen-bond acceptors (Lipinski definition) is 5. The molecule has 1 fully saturated rings.